The quantitative estimate of drug-likeness (QED) is 0.579. The first kappa shape index (κ1) is 20.7. The van der Waals surface area contributed by atoms with Gasteiger partial charge in [-0.15, -0.1) is 11.3 Å². The van der Waals surface area contributed by atoms with Gasteiger partial charge in [-0.2, -0.15) is 0 Å². The monoisotopic (exact) mass is 435 g/mol. The van der Waals surface area contributed by atoms with Crippen LogP contribution in [0.15, 0.2) is 60.0 Å². The number of ether oxygens (including phenoxy) is 1. The van der Waals surface area contributed by atoms with E-state index in [4.69, 9.17) is 4.74 Å². The molecule has 1 N–H and O–H groups in total. The highest BCUT2D eigenvalue weighted by Crippen LogP contribution is 2.42. The van der Waals surface area contributed by atoms with E-state index in [0.717, 1.165) is 5.01 Å². The molecule has 1 atom stereocenters. The van der Waals surface area contributed by atoms with Crippen LogP contribution in [0, 0.1) is 13.8 Å². The van der Waals surface area contributed by atoms with E-state index in [0.29, 0.717) is 34.3 Å². The van der Waals surface area contributed by atoms with Crippen molar-refractivity contribution in [3.8, 4) is 5.75 Å². The normalized spacial score (nSPS) is 16.2. The third-order valence-corrected chi connectivity index (χ3v) is 6.03. The number of hydrogen-bond acceptors (Lipinski definition) is 7. The lowest BCUT2D eigenvalue weighted by Gasteiger charge is -2.26. The molecule has 1 aliphatic heterocycles. The van der Waals surface area contributed by atoms with Gasteiger partial charge in [0, 0.05) is 11.9 Å². The van der Waals surface area contributed by atoms with Gasteiger partial charge in [0.05, 0.1) is 33.5 Å². The molecule has 3 heterocycles. The smallest absolute Gasteiger partial charge is 0.294 e. The standard InChI is InChI=1S/C23H21N3O4S/c1-4-30-16-10-8-15(9-11-16)26-19(17-7-5-6-12-24-17)18(21(28)23(26)29)20(27)22-13(2)25-14(3)31-22/h5-12,19,28H,4H2,1-3H3. The van der Waals surface area contributed by atoms with E-state index in [1.54, 1.807) is 55.6 Å². The van der Waals surface area contributed by atoms with Crippen molar-refractivity contribution in [3.05, 3.63) is 81.3 Å². The highest BCUT2D eigenvalue weighted by Gasteiger charge is 2.46. The van der Waals surface area contributed by atoms with Crippen molar-refractivity contribution >= 4 is 28.7 Å². The summed E-state index contributed by atoms with van der Waals surface area (Å²) in [6.45, 7) is 5.96. The second-order valence-corrected chi connectivity index (χ2v) is 8.20. The van der Waals surface area contributed by atoms with Crippen molar-refractivity contribution in [1.29, 1.82) is 0 Å². The number of thiazole rings is 1. The van der Waals surface area contributed by atoms with Crippen LogP contribution in [-0.2, 0) is 4.79 Å². The highest BCUT2D eigenvalue weighted by atomic mass is 32.1. The van der Waals surface area contributed by atoms with Crippen LogP contribution < -0.4 is 9.64 Å². The summed E-state index contributed by atoms with van der Waals surface area (Å²) in [6, 6.07) is 11.3. The number of pyridine rings is 1. The number of anilines is 1. The number of aliphatic hydroxyl groups excluding tert-OH is 1. The predicted molar refractivity (Wildman–Crippen MR) is 118 cm³/mol. The fraction of sp³-hybridized carbons (Fsp3) is 0.217. The molecule has 1 aliphatic rings. The van der Waals surface area contributed by atoms with Gasteiger partial charge in [-0.1, -0.05) is 6.07 Å². The third kappa shape index (κ3) is 3.70. The Kier molecular flexibility index (Phi) is 5.56. The molecule has 2 aromatic heterocycles. The molecular formula is C23H21N3O4S. The zero-order valence-corrected chi connectivity index (χ0v) is 18.1. The van der Waals surface area contributed by atoms with Gasteiger partial charge < -0.3 is 9.84 Å². The van der Waals surface area contributed by atoms with E-state index >= 15 is 0 Å². The summed E-state index contributed by atoms with van der Waals surface area (Å²) in [5.41, 5.74) is 1.58. The number of carbonyl (C=O) groups excluding carboxylic acids is 2. The Labute approximate surface area is 183 Å². The molecular weight excluding hydrogens is 414 g/mol. The molecule has 0 saturated carbocycles. The molecule has 0 aliphatic carbocycles. The SMILES string of the molecule is CCOc1ccc(N2C(=O)C(O)=C(C(=O)c3sc(C)nc3C)C2c2ccccn2)cc1. The largest absolute Gasteiger partial charge is 0.503 e. The number of benzene rings is 1. The van der Waals surface area contributed by atoms with Gasteiger partial charge in [-0.05, 0) is 57.2 Å². The molecule has 0 bridgehead atoms. The minimum absolute atomic E-state index is 0.00401. The number of rotatable bonds is 6. The number of carbonyl (C=O) groups is 2. The van der Waals surface area contributed by atoms with Crippen LogP contribution in [0.1, 0.15) is 39.0 Å². The first-order valence-corrected chi connectivity index (χ1v) is 10.6. The summed E-state index contributed by atoms with van der Waals surface area (Å²) in [4.78, 5) is 37.1. The molecule has 0 fully saturated rings. The summed E-state index contributed by atoms with van der Waals surface area (Å²) >= 11 is 1.24. The molecule has 0 spiro atoms. The van der Waals surface area contributed by atoms with Crippen molar-refractivity contribution < 1.29 is 19.4 Å². The summed E-state index contributed by atoms with van der Waals surface area (Å²) in [6.07, 6.45) is 1.59. The summed E-state index contributed by atoms with van der Waals surface area (Å²) < 4.78 is 5.48. The molecule has 4 rings (SSSR count). The highest BCUT2D eigenvalue weighted by molar-refractivity contribution is 7.14. The maximum atomic E-state index is 13.5. The van der Waals surface area contributed by atoms with E-state index in [1.165, 1.54) is 16.2 Å². The predicted octanol–water partition coefficient (Wildman–Crippen LogP) is 4.34. The van der Waals surface area contributed by atoms with E-state index in [-0.39, 0.29) is 5.57 Å². The Morgan fingerprint density at radius 1 is 1.19 bits per heavy atom. The minimum atomic E-state index is -0.860. The Bertz CT molecular complexity index is 1170. The van der Waals surface area contributed by atoms with E-state index in [1.807, 2.05) is 13.8 Å². The van der Waals surface area contributed by atoms with Crippen molar-refractivity contribution in [2.24, 2.45) is 0 Å². The van der Waals surface area contributed by atoms with E-state index < -0.39 is 23.5 Å². The van der Waals surface area contributed by atoms with Crippen molar-refractivity contribution in [2.45, 2.75) is 26.8 Å². The van der Waals surface area contributed by atoms with Crippen LogP contribution in [0.2, 0.25) is 0 Å². The number of Topliss-reactive ketones (excluding diaryl/α,β-unsaturated/α-hetero) is 1. The van der Waals surface area contributed by atoms with Gasteiger partial charge in [-0.25, -0.2) is 4.98 Å². The second kappa shape index (κ2) is 8.31. The average molecular weight is 436 g/mol. The molecule has 0 radical (unpaired) electrons. The Morgan fingerprint density at radius 3 is 2.52 bits per heavy atom. The zero-order chi connectivity index (χ0) is 22.1. The molecule has 7 nitrogen and oxygen atoms in total. The number of aliphatic hydroxyl groups is 1. The van der Waals surface area contributed by atoms with Crippen LogP contribution >= 0.6 is 11.3 Å². The van der Waals surface area contributed by atoms with Crippen molar-refractivity contribution in [1.82, 2.24) is 9.97 Å². The van der Waals surface area contributed by atoms with Gasteiger partial charge in [0.2, 0.25) is 5.78 Å². The number of nitrogens with zero attached hydrogens (tertiary/aromatic N) is 3. The number of aryl methyl sites for hydroxylation is 2. The number of amides is 1. The molecule has 8 heteroatoms. The molecule has 1 aromatic carbocycles. The van der Waals surface area contributed by atoms with E-state index in [2.05, 4.69) is 9.97 Å². The Balaban J connectivity index is 1.83. The van der Waals surface area contributed by atoms with Crippen molar-refractivity contribution in [3.63, 3.8) is 0 Å². The fourth-order valence-corrected chi connectivity index (χ4v) is 4.53. The van der Waals surface area contributed by atoms with Crippen LogP contribution in [0.4, 0.5) is 5.69 Å². The molecule has 3 aromatic rings. The van der Waals surface area contributed by atoms with Gasteiger partial charge in [-0.3, -0.25) is 19.5 Å². The molecule has 31 heavy (non-hydrogen) atoms. The second-order valence-electron chi connectivity index (χ2n) is 7.00. The maximum absolute atomic E-state index is 13.5. The van der Waals surface area contributed by atoms with Crippen molar-refractivity contribution in [2.75, 3.05) is 11.5 Å². The zero-order valence-electron chi connectivity index (χ0n) is 17.3. The van der Waals surface area contributed by atoms with Crippen LogP contribution in [0.25, 0.3) is 0 Å². The van der Waals surface area contributed by atoms with Crippen LogP contribution in [-0.4, -0.2) is 33.4 Å². The first-order chi connectivity index (χ1) is 14.9. The average Bonchev–Trinajstić information content (AvgIpc) is 3.25. The summed E-state index contributed by atoms with van der Waals surface area (Å²) in [5.74, 6) is -0.975. The topological polar surface area (TPSA) is 92.6 Å². The maximum Gasteiger partial charge on any atom is 0.294 e. The van der Waals surface area contributed by atoms with Crippen LogP contribution in [0.3, 0.4) is 0 Å². The van der Waals surface area contributed by atoms with Gasteiger partial charge in [0.25, 0.3) is 5.91 Å². The molecule has 158 valence electrons. The Morgan fingerprint density at radius 2 is 1.94 bits per heavy atom. The fourth-order valence-electron chi connectivity index (χ4n) is 3.65. The first-order valence-electron chi connectivity index (χ1n) is 9.81. The van der Waals surface area contributed by atoms with Gasteiger partial charge in [0.1, 0.15) is 11.8 Å². The lowest BCUT2D eigenvalue weighted by Crippen LogP contribution is -2.31. The van der Waals surface area contributed by atoms with Crippen LogP contribution in [0.5, 0.6) is 5.75 Å². The van der Waals surface area contributed by atoms with E-state index in [9.17, 15) is 14.7 Å². The molecule has 1 amide bonds. The van der Waals surface area contributed by atoms with Gasteiger partial charge >= 0.3 is 0 Å². The lowest BCUT2D eigenvalue weighted by atomic mass is 9.98. The van der Waals surface area contributed by atoms with Gasteiger partial charge in [0.15, 0.2) is 5.76 Å². The molecule has 0 saturated heterocycles. The third-order valence-electron chi connectivity index (χ3n) is 4.96. The number of aromatic nitrogens is 2. The molecule has 1 unspecified atom stereocenters. The summed E-state index contributed by atoms with van der Waals surface area (Å²) in [7, 11) is 0. The summed E-state index contributed by atoms with van der Waals surface area (Å²) in [5, 5.41) is 11.5. The lowest BCUT2D eigenvalue weighted by molar-refractivity contribution is -0.117. The number of ketones is 1. The Hall–Kier alpha value is -3.52. The number of hydrogen-bond donors (Lipinski definition) is 1. The minimum Gasteiger partial charge on any atom is -0.503 e.